The van der Waals surface area contributed by atoms with Crippen LogP contribution in [-0.4, -0.2) is 11.1 Å². The van der Waals surface area contributed by atoms with Gasteiger partial charge in [0.2, 0.25) is 0 Å². The van der Waals surface area contributed by atoms with Gasteiger partial charge in [0.05, 0.1) is 12.2 Å². The number of benzene rings is 1. The second-order valence-corrected chi connectivity index (χ2v) is 5.20. The van der Waals surface area contributed by atoms with Crippen molar-refractivity contribution in [1.29, 1.82) is 0 Å². The third-order valence-electron chi connectivity index (χ3n) is 3.91. The van der Waals surface area contributed by atoms with Crippen molar-refractivity contribution < 1.29 is 9.15 Å². The summed E-state index contributed by atoms with van der Waals surface area (Å²) in [6.45, 7) is 0. The number of anilines is 2. The number of nitrogens with zero attached hydrogens (tertiary/aromatic N) is 1. The first-order valence-electron chi connectivity index (χ1n) is 6.32. The topological polar surface area (TPSA) is 87.3 Å². The zero-order chi connectivity index (χ0) is 12.3. The Bertz CT molecular complexity index is 612. The largest absolute Gasteiger partial charge is 0.424 e. The third-order valence-corrected chi connectivity index (χ3v) is 3.91. The first-order valence-corrected chi connectivity index (χ1v) is 6.32. The number of fused-ring (bicyclic) bond motifs is 1. The maximum absolute atomic E-state index is 6.04. The minimum absolute atomic E-state index is 0.0452. The monoisotopic (exact) mass is 245 g/mol. The van der Waals surface area contributed by atoms with Crippen LogP contribution in [0.3, 0.4) is 0 Å². The molecule has 2 heterocycles. The normalized spacial score (nSPS) is 27.3. The predicted molar refractivity (Wildman–Crippen MR) is 67.8 cm³/mol. The molecule has 2 aromatic rings. The standard InChI is InChI=1S/C13H15N3O2/c14-7-3-4-8-12(16-13(15)18-8)11(7)10-5-9(17-10)6-1-2-6/h3-4,6,9-10H,1-2,5,14H2,(H2,15,16). The van der Waals surface area contributed by atoms with E-state index in [1.807, 2.05) is 6.07 Å². The van der Waals surface area contributed by atoms with Crippen molar-refractivity contribution in [3.05, 3.63) is 17.7 Å². The maximum atomic E-state index is 6.04. The van der Waals surface area contributed by atoms with E-state index in [1.165, 1.54) is 12.8 Å². The van der Waals surface area contributed by atoms with Crippen molar-refractivity contribution in [3.8, 4) is 0 Å². The molecule has 4 rings (SSSR count). The van der Waals surface area contributed by atoms with E-state index in [-0.39, 0.29) is 12.1 Å². The number of oxazole rings is 1. The van der Waals surface area contributed by atoms with Crippen LogP contribution >= 0.6 is 0 Å². The minimum atomic E-state index is 0.0452. The van der Waals surface area contributed by atoms with Crippen LogP contribution in [0.2, 0.25) is 0 Å². The minimum Gasteiger partial charge on any atom is -0.424 e. The summed E-state index contributed by atoms with van der Waals surface area (Å²) in [5.41, 5.74) is 14.7. The van der Waals surface area contributed by atoms with Gasteiger partial charge in [-0.1, -0.05) is 0 Å². The second-order valence-electron chi connectivity index (χ2n) is 5.20. The number of aromatic nitrogens is 1. The number of nitrogen functional groups attached to an aromatic ring is 2. The molecule has 1 saturated heterocycles. The van der Waals surface area contributed by atoms with E-state index in [4.69, 9.17) is 20.6 Å². The molecule has 1 aliphatic carbocycles. The van der Waals surface area contributed by atoms with Gasteiger partial charge in [0.1, 0.15) is 5.52 Å². The van der Waals surface area contributed by atoms with Crippen molar-refractivity contribution in [1.82, 2.24) is 4.98 Å². The van der Waals surface area contributed by atoms with Crippen LogP contribution < -0.4 is 11.5 Å². The lowest BCUT2D eigenvalue weighted by Gasteiger charge is -2.37. The molecule has 0 spiro atoms. The number of nitrogens with two attached hydrogens (primary N) is 2. The molecule has 5 nitrogen and oxygen atoms in total. The Kier molecular flexibility index (Phi) is 1.92. The molecule has 2 atom stereocenters. The van der Waals surface area contributed by atoms with Gasteiger partial charge in [-0.2, -0.15) is 4.98 Å². The van der Waals surface area contributed by atoms with Gasteiger partial charge in [-0.05, 0) is 30.9 Å². The fourth-order valence-electron chi connectivity index (χ4n) is 2.75. The Balaban J connectivity index is 1.72. The molecule has 2 unspecified atom stereocenters. The summed E-state index contributed by atoms with van der Waals surface area (Å²) in [6, 6.07) is 3.81. The highest BCUT2D eigenvalue weighted by Gasteiger charge is 2.43. The molecule has 5 heteroatoms. The van der Waals surface area contributed by atoms with Crippen molar-refractivity contribution >= 4 is 22.8 Å². The molecule has 94 valence electrons. The van der Waals surface area contributed by atoms with Gasteiger partial charge in [0.25, 0.3) is 6.01 Å². The summed E-state index contributed by atoms with van der Waals surface area (Å²) in [7, 11) is 0. The lowest BCUT2D eigenvalue weighted by atomic mass is 9.93. The molecule has 1 aromatic heterocycles. The van der Waals surface area contributed by atoms with E-state index >= 15 is 0 Å². The summed E-state index contributed by atoms with van der Waals surface area (Å²) >= 11 is 0. The van der Waals surface area contributed by atoms with Crippen molar-refractivity contribution in [2.75, 3.05) is 11.5 Å². The average molecular weight is 245 g/mol. The molecule has 0 radical (unpaired) electrons. The first kappa shape index (κ1) is 10.2. The molecule has 1 saturated carbocycles. The predicted octanol–water partition coefficient (Wildman–Crippen LogP) is 2.23. The second kappa shape index (κ2) is 3.38. The molecule has 1 aliphatic heterocycles. The number of ether oxygens (including phenoxy) is 1. The van der Waals surface area contributed by atoms with Crippen LogP contribution in [-0.2, 0) is 4.74 Å². The molecule has 0 bridgehead atoms. The van der Waals surface area contributed by atoms with Gasteiger partial charge in [0.15, 0.2) is 5.58 Å². The van der Waals surface area contributed by atoms with Crippen molar-refractivity contribution in [2.45, 2.75) is 31.5 Å². The van der Waals surface area contributed by atoms with Crippen molar-refractivity contribution in [3.63, 3.8) is 0 Å². The zero-order valence-electron chi connectivity index (χ0n) is 9.93. The smallest absolute Gasteiger partial charge is 0.292 e. The van der Waals surface area contributed by atoms with Crippen molar-refractivity contribution in [2.24, 2.45) is 5.92 Å². The Morgan fingerprint density at radius 3 is 2.72 bits per heavy atom. The SMILES string of the molecule is Nc1nc2c(C3CC(C4CC4)O3)c(N)ccc2o1. The molecule has 1 aromatic carbocycles. The summed E-state index contributed by atoms with van der Waals surface area (Å²) < 4.78 is 11.3. The highest BCUT2D eigenvalue weighted by atomic mass is 16.5. The molecule has 4 N–H and O–H groups in total. The maximum Gasteiger partial charge on any atom is 0.292 e. The van der Waals surface area contributed by atoms with Crippen LogP contribution in [0.1, 0.15) is 30.9 Å². The Hall–Kier alpha value is -1.75. The van der Waals surface area contributed by atoms with E-state index in [0.717, 1.165) is 23.4 Å². The Morgan fingerprint density at radius 1 is 1.22 bits per heavy atom. The lowest BCUT2D eigenvalue weighted by molar-refractivity contribution is -0.136. The van der Waals surface area contributed by atoms with E-state index in [0.29, 0.717) is 17.4 Å². The van der Waals surface area contributed by atoms with Gasteiger partial charge < -0.3 is 20.6 Å². The summed E-state index contributed by atoms with van der Waals surface area (Å²) in [5, 5.41) is 0. The Labute approximate surface area is 104 Å². The molecule has 2 aliphatic rings. The van der Waals surface area contributed by atoms with E-state index in [9.17, 15) is 0 Å². The zero-order valence-corrected chi connectivity index (χ0v) is 9.93. The van der Waals surface area contributed by atoms with Gasteiger partial charge in [0, 0.05) is 17.7 Å². The lowest BCUT2D eigenvalue weighted by Crippen LogP contribution is -2.33. The van der Waals surface area contributed by atoms with Crippen LogP contribution in [0, 0.1) is 5.92 Å². The third kappa shape index (κ3) is 1.40. The number of rotatable bonds is 2. The van der Waals surface area contributed by atoms with Crippen LogP contribution in [0.5, 0.6) is 0 Å². The fraction of sp³-hybridized carbons (Fsp3) is 0.462. The number of hydrogen-bond donors (Lipinski definition) is 2. The molecular formula is C13H15N3O2. The highest BCUT2D eigenvalue weighted by Crippen LogP contribution is 2.49. The Morgan fingerprint density at radius 2 is 2.00 bits per heavy atom. The van der Waals surface area contributed by atoms with E-state index < -0.39 is 0 Å². The average Bonchev–Trinajstić information content (AvgIpc) is 3.02. The summed E-state index contributed by atoms with van der Waals surface area (Å²) in [5.74, 6) is 0.768. The van der Waals surface area contributed by atoms with Crippen LogP contribution in [0.4, 0.5) is 11.7 Å². The first-order chi connectivity index (χ1) is 8.72. The number of hydrogen-bond acceptors (Lipinski definition) is 5. The molecule has 18 heavy (non-hydrogen) atoms. The molecule has 0 amide bonds. The summed E-state index contributed by atoms with van der Waals surface area (Å²) in [6.07, 6.45) is 4.08. The molecular weight excluding hydrogens is 230 g/mol. The molecule has 2 fully saturated rings. The fourth-order valence-corrected chi connectivity index (χ4v) is 2.75. The van der Waals surface area contributed by atoms with Gasteiger partial charge in [-0.15, -0.1) is 0 Å². The summed E-state index contributed by atoms with van der Waals surface area (Å²) in [4.78, 5) is 4.21. The van der Waals surface area contributed by atoms with Crippen LogP contribution in [0.15, 0.2) is 16.5 Å². The van der Waals surface area contributed by atoms with E-state index in [1.54, 1.807) is 6.07 Å². The van der Waals surface area contributed by atoms with Gasteiger partial charge in [-0.25, -0.2) is 0 Å². The highest BCUT2D eigenvalue weighted by molar-refractivity contribution is 5.83. The quantitative estimate of drug-likeness (QED) is 0.792. The van der Waals surface area contributed by atoms with Gasteiger partial charge in [-0.3, -0.25) is 0 Å². The van der Waals surface area contributed by atoms with Gasteiger partial charge >= 0.3 is 0 Å². The van der Waals surface area contributed by atoms with Crippen LogP contribution in [0.25, 0.3) is 11.1 Å². The van der Waals surface area contributed by atoms with E-state index in [2.05, 4.69) is 4.98 Å².